The van der Waals surface area contributed by atoms with E-state index in [1.165, 1.54) is 18.2 Å². The number of nitro groups is 1. The third-order valence-corrected chi connectivity index (χ3v) is 5.80. The van der Waals surface area contributed by atoms with Gasteiger partial charge in [-0.05, 0) is 49.8 Å². The largest absolute Gasteiger partial charge is 0.487 e. The Morgan fingerprint density at radius 2 is 1.84 bits per heavy atom. The van der Waals surface area contributed by atoms with Gasteiger partial charge in [0.2, 0.25) is 0 Å². The van der Waals surface area contributed by atoms with E-state index in [1.54, 1.807) is 23.9 Å². The summed E-state index contributed by atoms with van der Waals surface area (Å²) in [4.78, 5) is 24.2. The van der Waals surface area contributed by atoms with Crippen LogP contribution >= 0.6 is 0 Å². The number of carbonyl (C=O) groups is 1. The zero-order chi connectivity index (χ0) is 27.1. The SMILES string of the molecule is CCOc1ccc(-c2nn(-c3ccccc3)cc2/C=C(/C#N)C(=O)N[C@@H](C)c2ccccc2)cc1[N+](=O)[O-]. The van der Waals surface area contributed by atoms with Gasteiger partial charge in [-0.3, -0.25) is 14.9 Å². The van der Waals surface area contributed by atoms with Crippen LogP contribution in [0.4, 0.5) is 5.69 Å². The van der Waals surface area contributed by atoms with Gasteiger partial charge in [-0.15, -0.1) is 0 Å². The highest BCUT2D eigenvalue weighted by Crippen LogP contribution is 2.34. The number of hydrogen-bond acceptors (Lipinski definition) is 6. The van der Waals surface area contributed by atoms with Gasteiger partial charge >= 0.3 is 5.69 Å². The molecule has 0 saturated heterocycles. The molecule has 4 rings (SSSR count). The lowest BCUT2D eigenvalue weighted by Gasteiger charge is -2.13. The van der Waals surface area contributed by atoms with Crippen molar-refractivity contribution < 1.29 is 14.5 Å². The number of ether oxygens (including phenoxy) is 1. The maximum atomic E-state index is 13.0. The molecule has 0 fully saturated rings. The maximum Gasteiger partial charge on any atom is 0.311 e. The lowest BCUT2D eigenvalue weighted by molar-refractivity contribution is -0.385. The zero-order valence-electron chi connectivity index (χ0n) is 20.9. The summed E-state index contributed by atoms with van der Waals surface area (Å²) >= 11 is 0. The van der Waals surface area contributed by atoms with Crippen LogP contribution in [0.25, 0.3) is 23.0 Å². The highest BCUT2D eigenvalue weighted by molar-refractivity contribution is 6.02. The van der Waals surface area contributed by atoms with E-state index in [4.69, 9.17) is 4.74 Å². The van der Waals surface area contributed by atoms with Crippen molar-refractivity contribution in [2.75, 3.05) is 6.61 Å². The van der Waals surface area contributed by atoms with Crippen molar-refractivity contribution in [3.8, 4) is 28.8 Å². The molecule has 190 valence electrons. The van der Waals surface area contributed by atoms with Crippen molar-refractivity contribution >= 4 is 17.7 Å². The number of nitrogens with one attached hydrogen (secondary N) is 1. The van der Waals surface area contributed by atoms with Crippen molar-refractivity contribution in [2.45, 2.75) is 19.9 Å². The molecule has 0 aliphatic heterocycles. The highest BCUT2D eigenvalue weighted by atomic mass is 16.6. The molecule has 3 aromatic carbocycles. The van der Waals surface area contributed by atoms with Crippen molar-refractivity contribution in [3.05, 3.63) is 112 Å². The van der Waals surface area contributed by atoms with Crippen LogP contribution in [-0.4, -0.2) is 27.2 Å². The smallest absolute Gasteiger partial charge is 0.311 e. The topological polar surface area (TPSA) is 123 Å². The average molecular weight is 508 g/mol. The Hall–Kier alpha value is -5.23. The third kappa shape index (κ3) is 5.77. The standard InChI is InChI=1S/C29H25N5O4/c1-3-38-27-15-14-22(17-26(27)34(36)37)28-24(19-33(32-28)25-12-8-5-9-13-25)16-23(18-30)29(35)31-20(2)21-10-6-4-7-11-21/h4-17,19-20H,3H2,1-2H3,(H,31,35)/b23-16-/t20-/m0/s1. The molecule has 0 radical (unpaired) electrons. The lowest BCUT2D eigenvalue weighted by Crippen LogP contribution is -2.27. The van der Waals surface area contributed by atoms with E-state index in [0.717, 1.165) is 11.3 Å². The van der Waals surface area contributed by atoms with Crippen molar-refractivity contribution in [1.82, 2.24) is 15.1 Å². The van der Waals surface area contributed by atoms with Crippen LogP contribution in [0.1, 0.15) is 31.0 Å². The van der Waals surface area contributed by atoms with Crippen LogP contribution in [0, 0.1) is 21.4 Å². The number of benzene rings is 3. The summed E-state index contributed by atoms with van der Waals surface area (Å²) in [6, 6.07) is 24.9. The van der Waals surface area contributed by atoms with Gasteiger partial charge in [-0.1, -0.05) is 48.5 Å². The lowest BCUT2D eigenvalue weighted by atomic mass is 10.0. The Kier molecular flexibility index (Phi) is 7.94. The van der Waals surface area contributed by atoms with Gasteiger partial charge in [0.1, 0.15) is 17.3 Å². The number of nitro benzene ring substituents is 1. The maximum absolute atomic E-state index is 13.0. The van der Waals surface area contributed by atoms with Gasteiger partial charge in [0.05, 0.1) is 23.3 Å². The minimum Gasteiger partial charge on any atom is -0.487 e. The van der Waals surface area contributed by atoms with Gasteiger partial charge < -0.3 is 10.1 Å². The predicted molar refractivity (Wildman–Crippen MR) is 143 cm³/mol. The van der Waals surface area contributed by atoms with E-state index in [0.29, 0.717) is 16.8 Å². The second-order valence-corrected chi connectivity index (χ2v) is 8.36. The number of aromatic nitrogens is 2. The Bertz CT molecular complexity index is 1520. The monoisotopic (exact) mass is 507 g/mol. The molecule has 0 bridgehead atoms. The number of rotatable bonds is 9. The van der Waals surface area contributed by atoms with Crippen molar-refractivity contribution in [2.24, 2.45) is 0 Å². The summed E-state index contributed by atoms with van der Waals surface area (Å²) in [6.45, 7) is 3.86. The van der Waals surface area contributed by atoms with E-state index in [9.17, 15) is 20.2 Å². The number of amides is 1. The van der Waals surface area contributed by atoms with E-state index in [1.807, 2.05) is 73.7 Å². The van der Waals surface area contributed by atoms with E-state index < -0.39 is 10.8 Å². The Balaban J connectivity index is 1.77. The van der Waals surface area contributed by atoms with Crippen LogP contribution in [0.3, 0.4) is 0 Å². The Morgan fingerprint density at radius 1 is 1.16 bits per heavy atom. The molecular weight excluding hydrogens is 482 g/mol. The fourth-order valence-corrected chi connectivity index (χ4v) is 3.92. The van der Waals surface area contributed by atoms with Crippen LogP contribution in [0.15, 0.2) is 90.6 Å². The van der Waals surface area contributed by atoms with Gasteiger partial charge in [0.25, 0.3) is 5.91 Å². The molecule has 0 unspecified atom stereocenters. The van der Waals surface area contributed by atoms with Crippen LogP contribution in [0.5, 0.6) is 5.75 Å². The first-order valence-corrected chi connectivity index (χ1v) is 12.0. The number of carbonyl (C=O) groups excluding carboxylic acids is 1. The molecule has 38 heavy (non-hydrogen) atoms. The fraction of sp³-hybridized carbons (Fsp3) is 0.138. The van der Waals surface area contributed by atoms with Crippen LogP contribution < -0.4 is 10.1 Å². The second-order valence-electron chi connectivity index (χ2n) is 8.36. The molecule has 4 aromatic rings. The summed E-state index contributed by atoms with van der Waals surface area (Å²) in [7, 11) is 0. The normalized spacial score (nSPS) is 11.9. The molecule has 1 amide bonds. The van der Waals surface area contributed by atoms with Gasteiger partial charge in [0.15, 0.2) is 5.75 Å². The first kappa shape index (κ1) is 25.9. The van der Waals surface area contributed by atoms with Crippen molar-refractivity contribution in [1.29, 1.82) is 5.26 Å². The van der Waals surface area contributed by atoms with Gasteiger partial charge in [0, 0.05) is 23.4 Å². The van der Waals surface area contributed by atoms with Crippen LogP contribution in [0.2, 0.25) is 0 Å². The summed E-state index contributed by atoms with van der Waals surface area (Å²) in [5.41, 5.74) is 2.58. The third-order valence-electron chi connectivity index (χ3n) is 5.80. The summed E-state index contributed by atoms with van der Waals surface area (Å²) in [5.74, 6) is -0.396. The number of nitriles is 1. The molecule has 0 saturated carbocycles. The first-order chi connectivity index (χ1) is 18.4. The average Bonchev–Trinajstić information content (AvgIpc) is 3.36. The Morgan fingerprint density at radius 3 is 2.47 bits per heavy atom. The second kappa shape index (κ2) is 11.7. The summed E-state index contributed by atoms with van der Waals surface area (Å²) in [5, 5.41) is 29.0. The molecular formula is C29H25N5O4. The van der Waals surface area contributed by atoms with E-state index in [2.05, 4.69) is 10.4 Å². The number of hydrogen-bond donors (Lipinski definition) is 1. The minimum atomic E-state index is -0.542. The quantitative estimate of drug-likeness (QED) is 0.136. The van der Waals surface area contributed by atoms with Gasteiger partial charge in [-0.25, -0.2) is 4.68 Å². The molecule has 1 aromatic heterocycles. The first-order valence-electron chi connectivity index (χ1n) is 12.0. The van der Waals surface area contributed by atoms with E-state index in [-0.39, 0.29) is 29.7 Å². The minimum absolute atomic E-state index is 0.123. The Labute approximate surface area is 219 Å². The molecule has 9 nitrogen and oxygen atoms in total. The molecule has 1 atom stereocenters. The molecule has 1 heterocycles. The fourth-order valence-electron chi connectivity index (χ4n) is 3.92. The summed E-state index contributed by atoms with van der Waals surface area (Å²) < 4.78 is 7.01. The van der Waals surface area contributed by atoms with Crippen LogP contribution in [-0.2, 0) is 4.79 Å². The number of para-hydroxylation sites is 1. The summed E-state index contributed by atoms with van der Waals surface area (Å²) in [6.07, 6.45) is 3.12. The highest BCUT2D eigenvalue weighted by Gasteiger charge is 2.21. The molecule has 0 aliphatic carbocycles. The molecule has 1 N–H and O–H groups in total. The molecule has 0 spiro atoms. The van der Waals surface area contributed by atoms with Gasteiger partial charge in [-0.2, -0.15) is 10.4 Å². The zero-order valence-corrected chi connectivity index (χ0v) is 20.9. The van der Waals surface area contributed by atoms with Crippen molar-refractivity contribution in [3.63, 3.8) is 0 Å². The van der Waals surface area contributed by atoms with E-state index >= 15 is 0 Å². The molecule has 0 aliphatic rings. The predicted octanol–water partition coefficient (Wildman–Crippen LogP) is 5.63. The molecule has 9 heteroatoms. The number of nitrogens with zero attached hydrogens (tertiary/aromatic N) is 4.